The maximum atomic E-state index is 11.7. The van der Waals surface area contributed by atoms with E-state index in [1.54, 1.807) is 18.2 Å². The molecule has 0 aliphatic rings. The largest absolute Gasteiger partial charge is 0.272 e. The molecule has 0 radical (unpaired) electrons. The van der Waals surface area contributed by atoms with Crippen LogP contribution in [0, 0.1) is 0 Å². The molecule has 0 saturated heterocycles. The third-order valence-corrected chi connectivity index (χ3v) is 4.09. The summed E-state index contributed by atoms with van der Waals surface area (Å²) >= 11 is 13.2. The molecule has 0 aliphatic heterocycles. The van der Waals surface area contributed by atoms with Gasteiger partial charge in [-0.2, -0.15) is 5.10 Å². The molecule has 0 saturated carbocycles. The number of thioether (sulfide) groups is 1. The van der Waals surface area contributed by atoms with E-state index in [1.165, 1.54) is 18.0 Å². The number of carbonyl (C=O) groups excluding carboxylic acids is 1. The summed E-state index contributed by atoms with van der Waals surface area (Å²) in [4.78, 5) is 12.6. The molecular weight excluding hydrogens is 327 g/mol. The molecule has 6 heteroatoms. The Morgan fingerprint density at radius 1 is 1.14 bits per heavy atom. The van der Waals surface area contributed by atoms with Crippen molar-refractivity contribution in [1.82, 2.24) is 5.43 Å². The molecule has 1 amide bonds. The van der Waals surface area contributed by atoms with Crippen LogP contribution in [0.2, 0.25) is 10.0 Å². The van der Waals surface area contributed by atoms with Crippen molar-refractivity contribution in [1.29, 1.82) is 0 Å². The highest BCUT2D eigenvalue weighted by Gasteiger charge is 2.02. The zero-order valence-electron chi connectivity index (χ0n) is 10.9. The van der Waals surface area contributed by atoms with Gasteiger partial charge in [-0.05, 0) is 30.3 Å². The molecule has 2 aromatic rings. The minimum atomic E-state index is -0.182. The summed E-state index contributed by atoms with van der Waals surface area (Å²) in [6.45, 7) is 0. The fourth-order valence-electron chi connectivity index (χ4n) is 1.47. The Morgan fingerprint density at radius 3 is 2.57 bits per heavy atom. The Morgan fingerprint density at radius 2 is 1.86 bits per heavy atom. The monoisotopic (exact) mass is 338 g/mol. The highest BCUT2D eigenvalue weighted by molar-refractivity contribution is 8.00. The summed E-state index contributed by atoms with van der Waals surface area (Å²) in [7, 11) is 0. The van der Waals surface area contributed by atoms with Gasteiger partial charge in [0.25, 0.3) is 0 Å². The van der Waals surface area contributed by atoms with Crippen molar-refractivity contribution in [3.05, 3.63) is 64.1 Å². The zero-order chi connectivity index (χ0) is 15.1. The normalized spacial score (nSPS) is 10.8. The Balaban J connectivity index is 1.80. The molecule has 3 nitrogen and oxygen atoms in total. The number of nitrogens with one attached hydrogen (secondary N) is 1. The molecule has 0 bridgehead atoms. The smallest absolute Gasteiger partial charge is 0.250 e. The van der Waals surface area contributed by atoms with E-state index in [1.807, 2.05) is 30.3 Å². The molecule has 2 aromatic carbocycles. The van der Waals surface area contributed by atoms with Gasteiger partial charge in [0, 0.05) is 20.5 Å². The zero-order valence-corrected chi connectivity index (χ0v) is 13.3. The maximum absolute atomic E-state index is 11.7. The van der Waals surface area contributed by atoms with E-state index in [9.17, 15) is 4.79 Å². The number of rotatable bonds is 5. The van der Waals surface area contributed by atoms with Crippen LogP contribution in [0.4, 0.5) is 0 Å². The van der Waals surface area contributed by atoms with Gasteiger partial charge in [0.05, 0.1) is 12.0 Å². The van der Waals surface area contributed by atoms with Crippen LogP contribution in [0.15, 0.2) is 58.5 Å². The fraction of sp³-hybridized carbons (Fsp3) is 0.0667. The van der Waals surface area contributed by atoms with E-state index in [0.29, 0.717) is 10.0 Å². The summed E-state index contributed by atoms with van der Waals surface area (Å²) < 4.78 is 0. The van der Waals surface area contributed by atoms with Crippen molar-refractivity contribution in [2.24, 2.45) is 5.10 Å². The van der Waals surface area contributed by atoms with Crippen LogP contribution in [0.3, 0.4) is 0 Å². The van der Waals surface area contributed by atoms with Gasteiger partial charge in [-0.25, -0.2) is 5.43 Å². The lowest BCUT2D eigenvalue weighted by Crippen LogP contribution is -2.19. The molecular formula is C15H12Cl2N2OS. The minimum absolute atomic E-state index is 0.182. The first-order valence-corrected chi connectivity index (χ1v) is 7.84. The third kappa shape index (κ3) is 5.42. The summed E-state index contributed by atoms with van der Waals surface area (Å²) in [6.07, 6.45) is 1.52. The number of halogens is 2. The second kappa shape index (κ2) is 8.08. The van der Waals surface area contributed by atoms with Crippen LogP contribution in [0.5, 0.6) is 0 Å². The van der Waals surface area contributed by atoms with Crippen molar-refractivity contribution in [2.75, 3.05) is 5.75 Å². The lowest BCUT2D eigenvalue weighted by molar-refractivity contribution is -0.118. The molecule has 0 aromatic heterocycles. The highest BCUT2D eigenvalue weighted by Crippen LogP contribution is 2.19. The SMILES string of the molecule is O=C(CSc1ccc(Cl)cc1)N/N=C\c1ccccc1Cl. The van der Waals surface area contributed by atoms with Crippen molar-refractivity contribution in [3.8, 4) is 0 Å². The Bertz CT molecular complexity index is 644. The number of benzene rings is 2. The van der Waals surface area contributed by atoms with E-state index in [2.05, 4.69) is 10.5 Å². The predicted molar refractivity (Wildman–Crippen MR) is 89.4 cm³/mol. The van der Waals surface area contributed by atoms with E-state index >= 15 is 0 Å². The first-order valence-electron chi connectivity index (χ1n) is 6.10. The van der Waals surface area contributed by atoms with E-state index in [-0.39, 0.29) is 11.7 Å². The van der Waals surface area contributed by atoms with E-state index in [0.717, 1.165) is 10.5 Å². The number of nitrogens with zero attached hydrogens (tertiary/aromatic N) is 1. The summed E-state index contributed by atoms with van der Waals surface area (Å²) in [6, 6.07) is 14.6. The molecule has 0 aliphatic carbocycles. The quantitative estimate of drug-likeness (QED) is 0.503. The average Bonchev–Trinajstić information content (AvgIpc) is 2.49. The van der Waals surface area contributed by atoms with Gasteiger partial charge in [-0.15, -0.1) is 11.8 Å². The molecule has 21 heavy (non-hydrogen) atoms. The molecule has 2 rings (SSSR count). The lowest BCUT2D eigenvalue weighted by atomic mass is 10.2. The molecule has 0 fully saturated rings. The van der Waals surface area contributed by atoms with Crippen LogP contribution in [0.1, 0.15) is 5.56 Å². The van der Waals surface area contributed by atoms with Crippen molar-refractivity contribution in [3.63, 3.8) is 0 Å². The molecule has 0 unspecified atom stereocenters. The number of hydrogen-bond acceptors (Lipinski definition) is 3. The van der Waals surface area contributed by atoms with Gasteiger partial charge in [0.2, 0.25) is 5.91 Å². The third-order valence-electron chi connectivity index (χ3n) is 2.48. The summed E-state index contributed by atoms with van der Waals surface area (Å²) in [5.74, 6) is 0.0971. The van der Waals surface area contributed by atoms with Crippen LogP contribution < -0.4 is 5.43 Å². The van der Waals surface area contributed by atoms with Crippen LogP contribution in [0.25, 0.3) is 0 Å². The first kappa shape index (κ1) is 15.9. The summed E-state index contributed by atoms with van der Waals surface area (Å²) in [5.41, 5.74) is 3.22. The van der Waals surface area contributed by atoms with Gasteiger partial charge in [-0.3, -0.25) is 4.79 Å². The van der Waals surface area contributed by atoms with Crippen molar-refractivity contribution < 1.29 is 4.79 Å². The van der Waals surface area contributed by atoms with Gasteiger partial charge < -0.3 is 0 Å². The second-order valence-corrected chi connectivity index (χ2v) is 5.95. The van der Waals surface area contributed by atoms with Crippen LogP contribution in [-0.4, -0.2) is 17.9 Å². The van der Waals surface area contributed by atoms with Gasteiger partial charge in [0.1, 0.15) is 0 Å². The molecule has 1 N–H and O–H groups in total. The molecule has 108 valence electrons. The lowest BCUT2D eigenvalue weighted by Gasteiger charge is -2.01. The summed E-state index contributed by atoms with van der Waals surface area (Å²) in [5, 5.41) is 5.15. The van der Waals surface area contributed by atoms with Crippen molar-refractivity contribution >= 4 is 47.1 Å². The van der Waals surface area contributed by atoms with E-state index in [4.69, 9.17) is 23.2 Å². The van der Waals surface area contributed by atoms with Gasteiger partial charge >= 0.3 is 0 Å². The minimum Gasteiger partial charge on any atom is -0.272 e. The Labute approximate surface area is 137 Å². The van der Waals surface area contributed by atoms with Gasteiger partial charge in [0.15, 0.2) is 0 Å². The standard InChI is InChI=1S/C15H12Cl2N2OS/c16-12-5-7-13(8-6-12)21-10-15(20)19-18-9-11-3-1-2-4-14(11)17/h1-9H,10H2,(H,19,20)/b18-9-. The first-order chi connectivity index (χ1) is 10.1. The number of amides is 1. The predicted octanol–water partition coefficient (Wildman–Crippen LogP) is 4.24. The Hall–Kier alpha value is -1.49. The second-order valence-electron chi connectivity index (χ2n) is 4.06. The van der Waals surface area contributed by atoms with E-state index < -0.39 is 0 Å². The maximum Gasteiger partial charge on any atom is 0.250 e. The number of carbonyl (C=O) groups is 1. The fourth-order valence-corrected chi connectivity index (χ4v) is 2.47. The molecule has 0 heterocycles. The molecule has 0 atom stereocenters. The van der Waals surface area contributed by atoms with Crippen molar-refractivity contribution in [2.45, 2.75) is 4.90 Å². The Kier molecular flexibility index (Phi) is 6.11. The van der Waals surface area contributed by atoms with Crippen LogP contribution in [-0.2, 0) is 4.79 Å². The number of hydrogen-bond donors (Lipinski definition) is 1. The van der Waals surface area contributed by atoms with Gasteiger partial charge in [-0.1, -0.05) is 41.4 Å². The number of hydrazone groups is 1. The topological polar surface area (TPSA) is 41.5 Å². The highest BCUT2D eigenvalue weighted by atomic mass is 35.5. The average molecular weight is 339 g/mol. The van der Waals surface area contributed by atoms with Crippen LogP contribution >= 0.6 is 35.0 Å². The molecule has 0 spiro atoms.